The highest BCUT2D eigenvalue weighted by molar-refractivity contribution is 9.10. The van der Waals surface area contributed by atoms with E-state index in [0.29, 0.717) is 0 Å². The SMILES string of the molecule is CCN(c1ccc(C)cc1)c1ccc(Br)cn1. The van der Waals surface area contributed by atoms with Crippen molar-refractivity contribution in [2.45, 2.75) is 13.8 Å². The minimum Gasteiger partial charge on any atom is -0.327 e. The fraction of sp³-hybridized carbons (Fsp3) is 0.214. The minimum absolute atomic E-state index is 0.900. The highest BCUT2D eigenvalue weighted by Crippen LogP contribution is 2.24. The Kier molecular flexibility index (Phi) is 3.79. The first kappa shape index (κ1) is 12.1. The van der Waals surface area contributed by atoms with Crippen LogP contribution in [0.15, 0.2) is 47.1 Å². The zero-order valence-electron chi connectivity index (χ0n) is 10.0. The molecule has 0 aliphatic heterocycles. The largest absolute Gasteiger partial charge is 0.327 e. The first-order chi connectivity index (χ1) is 8.20. The predicted octanol–water partition coefficient (Wildman–Crippen LogP) is 4.31. The summed E-state index contributed by atoms with van der Waals surface area (Å²) in [5.74, 6) is 0.972. The number of hydrogen-bond donors (Lipinski definition) is 0. The lowest BCUT2D eigenvalue weighted by Crippen LogP contribution is -2.17. The van der Waals surface area contributed by atoms with Gasteiger partial charge in [0.1, 0.15) is 5.82 Å². The van der Waals surface area contributed by atoms with Gasteiger partial charge in [0.15, 0.2) is 0 Å². The maximum atomic E-state index is 4.43. The van der Waals surface area contributed by atoms with E-state index in [9.17, 15) is 0 Å². The van der Waals surface area contributed by atoms with Gasteiger partial charge in [-0.15, -0.1) is 0 Å². The number of nitrogens with zero attached hydrogens (tertiary/aromatic N) is 2. The van der Waals surface area contributed by atoms with Crippen molar-refractivity contribution in [3.8, 4) is 0 Å². The average molecular weight is 291 g/mol. The van der Waals surface area contributed by atoms with Crippen molar-refractivity contribution in [3.63, 3.8) is 0 Å². The Morgan fingerprint density at radius 1 is 1.12 bits per heavy atom. The van der Waals surface area contributed by atoms with Gasteiger partial charge in [-0.05, 0) is 54.0 Å². The second kappa shape index (κ2) is 5.32. The normalized spacial score (nSPS) is 10.3. The number of anilines is 2. The number of pyridine rings is 1. The van der Waals surface area contributed by atoms with Gasteiger partial charge in [0.2, 0.25) is 0 Å². The molecular formula is C14H15BrN2. The summed E-state index contributed by atoms with van der Waals surface area (Å²) < 4.78 is 1.00. The lowest BCUT2D eigenvalue weighted by molar-refractivity contribution is 0.988. The fourth-order valence-corrected chi connectivity index (χ4v) is 1.96. The second-order valence-electron chi connectivity index (χ2n) is 3.91. The molecule has 1 aromatic carbocycles. The van der Waals surface area contributed by atoms with E-state index in [1.807, 2.05) is 18.3 Å². The molecule has 0 bridgehead atoms. The number of hydrogen-bond acceptors (Lipinski definition) is 2. The van der Waals surface area contributed by atoms with E-state index in [1.165, 1.54) is 11.3 Å². The molecule has 0 radical (unpaired) electrons. The van der Waals surface area contributed by atoms with Crippen molar-refractivity contribution in [1.82, 2.24) is 4.98 Å². The van der Waals surface area contributed by atoms with Crippen LogP contribution in [0.25, 0.3) is 0 Å². The van der Waals surface area contributed by atoms with Crippen LogP contribution in [0, 0.1) is 6.92 Å². The molecule has 0 saturated carbocycles. The van der Waals surface area contributed by atoms with E-state index in [2.05, 4.69) is 63.9 Å². The van der Waals surface area contributed by atoms with Crippen LogP contribution in [-0.4, -0.2) is 11.5 Å². The van der Waals surface area contributed by atoms with Crippen molar-refractivity contribution in [1.29, 1.82) is 0 Å². The summed E-state index contributed by atoms with van der Waals surface area (Å²) in [4.78, 5) is 6.61. The molecule has 0 amide bonds. The molecule has 0 aliphatic carbocycles. The Labute approximate surface area is 110 Å². The molecule has 2 rings (SSSR count). The fourth-order valence-electron chi connectivity index (χ4n) is 1.73. The van der Waals surface area contributed by atoms with Crippen LogP contribution in [0.4, 0.5) is 11.5 Å². The standard InChI is InChI=1S/C14H15BrN2/c1-3-17(13-7-4-11(2)5-8-13)14-9-6-12(15)10-16-14/h4-10H,3H2,1-2H3. The van der Waals surface area contributed by atoms with Crippen LogP contribution >= 0.6 is 15.9 Å². The summed E-state index contributed by atoms with van der Waals surface area (Å²) in [5, 5.41) is 0. The van der Waals surface area contributed by atoms with E-state index < -0.39 is 0 Å². The highest BCUT2D eigenvalue weighted by Gasteiger charge is 2.07. The molecule has 0 aliphatic rings. The molecule has 0 fully saturated rings. The summed E-state index contributed by atoms with van der Waals surface area (Å²) in [7, 11) is 0. The highest BCUT2D eigenvalue weighted by atomic mass is 79.9. The lowest BCUT2D eigenvalue weighted by atomic mass is 10.2. The molecular weight excluding hydrogens is 276 g/mol. The number of aryl methyl sites for hydroxylation is 1. The van der Waals surface area contributed by atoms with Gasteiger partial charge >= 0.3 is 0 Å². The molecule has 17 heavy (non-hydrogen) atoms. The van der Waals surface area contributed by atoms with Gasteiger partial charge in [-0.1, -0.05) is 17.7 Å². The van der Waals surface area contributed by atoms with Crippen LogP contribution < -0.4 is 4.90 Å². The third-order valence-electron chi connectivity index (χ3n) is 2.65. The van der Waals surface area contributed by atoms with Crippen molar-refractivity contribution < 1.29 is 0 Å². The number of aromatic nitrogens is 1. The molecule has 1 heterocycles. The van der Waals surface area contributed by atoms with Crippen molar-refractivity contribution >= 4 is 27.4 Å². The third-order valence-corrected chi connectivity index (χ3v) is 3.12. The maximum Gasteiger partial charge on any atom is 0.132 e. The first-order valence-corrected chi connectivity index (χ1v) is 6.46. The molecule has 2 aromatic rings. The lowest BCUT2D eigenvalue weighted by Gasteiger charge is -2.22. The van der Waals surface area contributed by atoms with Gasteiger partial charge in [0.25, 0.3) is 0 Å². The topological polar surface area (TPSA) is 16.1 Å². The van der Waals surface area contributed by atoms with Crippen LogP contribution in [0.2, 0.25) is 0 Å². The molecule has 0 unspecified atom stereocenters. The van der Waals surface area contributed by atoms with Crippen LogP contribution in [0.5, 0.6) is 0 Å². The van der Waals surface area contributed by atoms with Crippen LogP contribution in [-0.2, 0) is 0 Å². The van der Waals surface area contributed by atoms with Gasteiger partial charge in [0, 0.05) is 22.9 Å². The molecule has 88 valence electrons. The van der Waals surface area contributed by atoms with Gasteiger partial charge < -0.3 is 4.90 Å². The third kappa shape index (κ3) is 2.86. The van der Waals surface area contributed by atoms with E-state index in [-0.39, 0.29) is 0 Å². The predicted molar refractivity (Wildman–Crippen MR) is 75.8 cm³/mol. The average Bonchev–Trinajstić information content (AvgIpc) is 2.35. The van der Waals surface area contributed by atoms with Crippen molar-refractivity contribution in [3.05, 3.63) is 52.6 Å². The first-order valence-electron chi connectivity index (χ1n) is 5.66. The molecule has 3 heteroatoms. The van der Waals surface area contributed by atoms with E-state index >= 15 is 0 Å². The quantitative estimate of drug-likeness (QED) is 0.837. The monoisotopic (exact) mass is 290 g/mol. The smallest absolute Gasteiger partial charge is 0.132 e. The second-order valence-corrected chi connectivity index (χ2v) is 4.83. The number of benzene rings is 1. The molecule has 1 aromatic heterocycles. The van der Waals surface area contributed by atoms with Crippen molar-refractivity contribution in [2.24, 2.45) is 0 Å². The minimum atomic E-state index is 0.900. The summed E-state index contributed by atoms with van der Waals surface area (Å²) in [5.41, 5.74) is 2.45. The Balaban J connectivity index is 2.33. The van der Waals surface area contributed by atoms with E-state index in [0.717, 1.165) is 16.8 Å². The van der Waals surface area contributed by atoms with Gasteiger partial charge in [-0.2, -0.15) is 0 Å². The van der Waals surface area contributed by atoms with Crippen LogP contribution in [0.1, 0.15) is 12.5 Å². The molecule has 0 N–H and O–H groups in total. The molecule has 0 spiro atoms. The van der Waals surface area contributed by atoms with Gasteiger partial charge in [0.05, 0.1) is 0 Å². The summed E-state index contributed by atoms with van der Waals surface area (Å²) in [6.45, 7) is 5.12. The van der Waals surface area contributed by atoms with E-state index in [4.69, 9.17) is 0 Å². The Morgan fingerprint density at radius 2 is 1.82 bits per heavy atom. The Morgan fingerprint density at radius 3 is 2.35 bits per heavy atom. The maximum absolute atomic E-state index is 4.43. The molecule has 2 nitrogen and oxygen atoms in total. The number of halogens is 1. The summed E-state index contributed by atoms with van der Waals surface area (Å²) in [6.07, 6.45) is 1.83. The molecule has 0 atom stereocenters. The van der Waals surface area contributed by atoms with Crippen LogP contribution in [0.3, 0.4) is 0 Å². The zero-order valence-corrected chi connectivity index (χ0v) is 11.6. The van der Waals surface area contributed by atoms with Gasteiger partial charge in [-0.25, -0.2) is 4.98 Å². The zero-order chi connectivity index (χ0) is 12.3. The Bertz CT molecular complexity index is 431. The van der Waals surface area contributed by atoms with Crippen molar-refractivity contribution in [2.75, 3.05) is 11.4 Å². The summed E-state index contributed by atoms with van der Waals surface area (Å²) in [6, 6.07) is 12.5. The Hall–Kier alpha value is -1.35. The van der Waals surface area contributed by atoms with E-state index in [1.54, 1.807) is 0 Å². The van der Waals surface area contributed by atoms with Gasteiger partial charge in [-0.3, -0.25) is 0 Å². The molecule has 0 saturated heterocycles. The number of rotatable bonds is 3. The summed E-state index contributed by atoms with van der Waals surface area (Å²) >= 11 is 3.40.